The average molecular weight is 353 g/mol. The third-order valence-electron chi connectivity index (χ3n) is 2.22. The van der Waals surface area contributed by atoms with Gasteiger partial charge in [0.2, 0.25) is 0 Å². The summed E-state index contributed by atoms with van der Waals surface area (Å²) >= 11 is 0. The van der Waals surface area contributed by atoms with Crippen LogP contribution in [0.15, 0.2) is 17.6 Å². The molecule has 0 saturated heterocycles. The van der Waals surface area contributed by atoms with Crippen LogP contribution in [0.25, 0.3) is 0 Å². The zero-order valence-corrected chi connectivity index (χ0v) is 13.8. The van der Waals surface area contributed by atoms with Crippen LogP contribution in [0.3, 0.4) is 0 Å². The topological polar surface area (TPSA) is 36.4 Å². The number of halogens is 1. The SMILES string of the molecule is C=CCNC(=NCCCCC(C)C)NCC.I. The van der Waals surface area contributed by atoms with Gasteiger partial charge in [-0.15, -0.1) is 30.6 Å². The summed E-state index contributed by atoms with van der Waals surface area (Å²) in [5.41, 5.74) is 0. The van der Waals surface area contributed by atoms with Crippen LogP contribution in [0, 0.1) is 5.92 Å². The Balaban J connectivity index is 0. The Morgan fingerprint density at radius 2 is 2.00 bits per heavy atom. The van der Waals surface area contributed by atoms with E-state index in [0.29, 0.717) is 0 Å². The van der Waals surface area contributed by atoms with Crippen molar-refractivity contribution in [3.05, 3.63) is 12.7 Å². The molecule has 0 radical (unpaired) electrons. The predicted molar refractivity (Wildman–Crippen MR) is 88.3 cm³/mol. The van der Waals surface area contributed by atoms with Crippen LogP contribution in [0.2, 0.25) is 0 Å². The van der Waals surface area contributed by atoms with Gasteiger partial charge in [-0.3, -0.25) is 4.99 Å². The van der Waals surface area contributed by atoms with Crippen molar-refractivity contribution in [2.75, 3.05) is 19.6 Å². The van der Waals surface area contributed by atoms with Gasteiger partial charge in [-0.1, -0.05) is 32.8 Å². The van der Waals surface area contributed by atoms with Crippen LogP contribution in [-0.4, -0.2) is 25.6 Å². The van der Waals surface area contributed by atoms with E-state index in [9.17, 15) is 0 Å². The highest BCUT2D eigenvalue weighted by Crippen LogP contribution is 2.05. The van der Waals surface area contributed by atoms with E-state index in [1.54, 1.807) is 0 Å². The van der Waals surface area contributed by atoms with E-state index in [1.165, 1.54) is 19.3 Å². The van der Waals surface area contributed by atoms with Gasteiger partial charge in [0.05, 0.1) is 0 Å². The van der Waals surface area contributed by atoms with Crippen LogP contribution in [0.1, 0.15) is 40.0 Å². The maximum atomic E-state index is 4.49. The third-order valence-corrected chi connectivity index (χ3v) is 2.22. The molecule has 0 bridgehead atoms. The minimum absolute atomic E-state index is 0. The molecular weight excluding hydrogens is 325 g/mol. The van der Waals surface area contributed by atoms with E-state index in [4.69, 9.17) is 0 Å². The molecule has 17 heavy (non-hydrogen) atoms. The van der Waals surface area contributed by atoms with Crippen molar-refractivity contribution in [1.29, 1.82) is 0 Å². The maximum Gasteiger partial charge on any atom is 0.191 e. The summed E-state index contributed by atoms with van der Waals surface area (Å²) in [7, 11) is 0. The Hall–Kier alpha value is -0.260. The van der Waals surface area contributed by atoms with Gasteiger partial charge < -0.3 is 10.6 Å². The summed E-state index contributed by atoms with van der Waals surface area (Å²) in [6.45, 7) is 12.8. The summed E-state index contributed by atoms with van der Waals surface area (Å²) in [4.78, 5) is 4.49. The number of nitrogens with one attached hydrogen (secondary N) is 2. The van der Waals surface area contributed by atoms with E-state index >= 15 is 0 Å². The summed E-state index contributed by atoms with van der Waals surface area (Å²) in [6, 6.07) is 0. The highest BCUT2D eigenvalue weighted by Gasteiger charge is 1.95. The molecule has 0 aromatic heterocycles. The van der Waals surface area contributed by atoms with Crippen molar-refractivity contribution in [3.63, 3.8) is 0 Å². The Morgan fingerprint density at radius 1 is 1.29 bits per heavy atom. The molecule has 0 unspecified atom stereocenters. The zero-order valence-electron chi connectivity index (χ0n) is 11.5. The molecule has 0 saturated carbocycles. The summed E-state index contributed by atoms with van der Waals surface area (Å²) in [5.74, 6) is 1.70. The number of nitrogens with zero attached hydrogens (tertiary/aromatic N) is 1. The van der Waals surface area contributed by atoms with Crippen molar-refractivity contribution >= 4 is 29.9 Å². The second-order valence-corrected chi connectivity index (χ2v) is 4.32. The number of hydrogen-bond acceptors (Lipinski definition) is 1. The third kappa shape index (κ3) is 13.7. The van der Waals surface area contributed by atoms with Crippen LogP contribution >= 0.6 is 24.0 Å². The van der Waals surface area contributed by atoms with Gasteiger partial charge in [-0.05, 0) is 19.3 Å². The summed E-state index contributed by atoms with van der Waals surface area (Å²) in [5, 5.41) is 6.40. The van der Waals surface area contributed by atoms with E-state index in [1.807, 2.05) is 6.08 Å². The molecular formula is C13H28IN3. The van der Waals surface area contributed by atoms with Gasteiger partial charge in [0, 0.05) is 19.6 Å². The van der Waals surface area contributed by atoms with Gasteiger partial charge >= 0.3 is 0 Å². The van der Waals surface area contributed by atoms with E-state index in [-0.39, 0.29) is 24.0 Å². The molecule has 0 aliphatic carbocycles. The van der Waals surface area contributed by atoms with Gasteiger partial charge in [0.15, 0.2) is 5.96 Å². The fourth-order valence-corrected chi connectivity index (χ4v) is 1.37. The molecule has 0 atom stereocenters. The Kier molecular flexibility index (Phi) is 15.5. The Morgan fingerprint density at radius 3 is 2.53 bits per heavy atom. The first-order valence-corrected chi connectivity index (χ1v) is 6.33. The first-order valence-electron chi connectivity index (χ1n) is 6.33. The standard InChI is InChI=1S/C13H27N3.HI/c1-5-10-15-13(14-6-2)16-11-8-7-9-12(3)4;/h5,12H,1,6-11H2,2-4H3,(H2,14,15,16);1H. The molecule has 0 amide bonds. The number of guanidine groups is 1. The van der Waals surface area contributed by atoms with Gasteiger partial charge in [-0.2, -0.15) is 0 Å². The predicted octanol–water partition coefficient (Wildman–Crippen LogP) is 3.17. The molecule has 0 aromatic rings. The highest BCUT2D eigenvalue weighted by molar-refractivity contribution is 14.0. The van der Waals surface area contributed by atoms with Crippen molar-refractivity contribution < 1.29 is 0 Å². The van der Waals surface area contributed by atoms with Crippen LogP contribution in [0.4, 0.5) is 0 Å². The first kappa shape index (κ1) is 19.1. The second kappa shape index (κ2) is 13.8. The van der Waals surface area contributed by atoms with E-state index in [0.717, 1.165) is 31.5 Å². The van der Waals surface area contributed by atoms with Crippen molar-refractivity contribution in [2.24, 2.45) is 10.9 Å². The lowest BCUT2D eigenvalue weighted by Gasteiger charge is -2.09. The number of hydrogen-bond donors (Lipinski definition) is 2. The first-order chi connectivity index (χ1) is 7.70. The molecule has 0 aliphatic heterocycles. The minimum atomic E-state index is 0. The molecule has 0 heterocycles. The van der Waals surface area contributed by atoms with Gasteiger partial charge in [-0.25, -0.2) is 0 Å². The highest BCUT2D eigenvalue weighted by atomic mass is 127. The molecule has 0 spiro atoms. The number of rotatable bonds is 8. The number of aliphatic imine (C=N–C) groups is 1. The molecule has 4 heteroatoms. The summed E-state index contributed by atoms with van der Waals surface area (Å²) < 4.78 is 0. The second-order valence-electron chi connectivity index (χ2n) is 4.32. The van der Waals surface area contributed by atoms with Crippen LogP contribution < -0.4 is 10.6 Å². The molecule has 2 N–H and O–H groups in total. The lowest BCUT2D eigenvalue weighted by Crippen LogP contribution is -2.37. The van der Waals surface area contributed by atoms with Gasteiger partial charge in [0.25, 0.3) is 0 Å². The summed E-state index contributed by atoms with van der Waals surface area (Å²) in [6.07, 6.45) is 5.57. The quantitative estimate of drug-likeness (QED) is 0.231. The van der Waals surface area contributed by atoms with Crippen molar-refractivity contribution in [3.8, 4) is 0 Å². The Bertz CT molecular complexity index is 203. The average Bonchev–Trinajstić information content (AvgIpc) is 2.24. The van der Waals surface area contributed by atoms with E-state index in [2.05, 4.69) is 43.0 Å². The molecule has 0 aliphatic rings. The van der Waals surface area contributed by atoms with Gasteiger partial charge in [0.1, 0.15) is 0 Å². The fraction of sp³-hybridized carbons (Fsp3) is 0.769. The molecule has 3 nitrogen and oxygen atoms in total. The lowest BCUT2D eigenvalue weighted by molar-refractivity contribution is 0.541. The van der Waals surface area contributed by atoms with E-state index < -0.39 is 0 Å². The largest absolute Gasteiger partial charge is 0.357 e. The number of unbranched alkanes of at least 4 members (excludes halogenated alkanes) is 1. The van der Waals surface area contributed by atoms with Crippen LogP contribution in [0.5, 0.6) is 0 Å². The molecule has 0 aromatic carbocycles. The molecule has 0 fully saturated rings. The monoisotopic (exact) mass is 353 g/mol. The smallest absolute Gasteiger partial charge is 0.191 e. The Labute approximate surface area is 124 Å². The fourth-order valence-electron chi connectivity index (χ4n) is 1.37. The maximum absolute atomic E-state index is 4.49. The normalized spacial score (nSPS) is 10.9. The lowest BCUT2D eigenvalue weighted by atomic mass is 10.1. The van der Waals surface area contributed by atoms with Crippen LogP contribution in [-0.2, 0) is 0 Å². The molecule has 0 rings (SSSR count). The zero-order chi connectivity index (χ0) is 12.2. The van der Waals surface area contributed by atoms with Crippen molar-refractivity contribution in [1.82, 2.24) is 10.6 Å². The van der Waals surface area contributed by atoms with Crippen molar-refractivity contribution in [2.45, 2.75) is 40.0 Å². The minimum Gasteiger partial charge on any atom is -0.357 e. The molecule has 102 valence electrons.